The monoisotopic (exact) mass is 231 g/mol. The van der Waals surface area contributed by atoms with Gasteiger partial charge in [0.05, 0.1) is 13.7 Å². The quantitative estimate of drug-likeness (QED) is 0.754. The normalized spacial score (nSPS) is 11.4. The van der Waals surface area contributed by atoms with Crippen molar-refractivity contribution in [2.75, 3.05) is 7.11 Å². The number of nitrogens with two attached hydrogens (primary N) is 1. The van der Waals surface area contributed by atoms with Gasteiger partial charge in [0, 0.05) is 0 Å². The summed E-state index contributed by atoms with van der Waals surface area (Å²) in [7, 11) is 1.30. The van der Waals surface area contributed by atoms with Gasteiger partial charge < -0.3 is 15.6 Å². The van der Waals surface area contributed by atoms with E-state index in [4.69, 9.17) is 10.8 Å². The van der Waals surface area contributed by atoms with Crippen LogP contribution in [0.25, 0.3) is 0 Å². The van der Waals surface area contributed by atoms with E-state index in [-0.39, 0.29) is 19.0 Å². The molecule has 0 unspecified atom stereocenters. The van der Waals surface area contributed by atoms with Gasteiger partial charge in [0.15, 0.2) is 0 Å². The van der Waals surface area contributed by atoms with Crippen molar-refractivity contribution >= 4 is 18.4 Å². The van der Waals surface area contributed by atoms with Gasteiger partial charge >= 0.3 is 5.97 Å². The number of rotatable bonds is 3. The van der Waals surface area contributed by atoms with Crippen molar-refractivity contribution in [2.24, 2.45) is 5.73 Å². The minimum atomic E-state index is -0.757. The van der Waals surface area contributed by atoms with Crippen molar-refractivity contribution in [3.8, 4) is 0 Å². The molecule has 84 valence electrons. The van der Waals surface area contributed by atoms with Crippen molar-refractivity contribution < 1.29 is 14.6 Å². The van der Waals surface area contributed by atoms with Crippen molar-refractivity contribution in [2.45, 2.75) is 12.6 Å². The number of aliphatic hydroxyl groups excluding tert-OH is 1. The zero-order valence-electron chi connectivity index (χ0n) is 8.34. The summed E-state index contributed by atoms with van der Waals surface area (Å²) in [6.07, 6.45) is 0. The third-order valence-electron chi connectivity index (χ3n) is 1.98. The van der Waals surface area contributed by atoms with Crippen LogP contribution in [0.2, 0.25) is 0 Å². The summed E-state index contributed by atoms with van der Waals surface area (Å²) in [5, 5.41) is 8.80. The Morgan fingerprint density at radius 3 is 2.40 bits per heavy atom. The summed E-state index contributed by atoms with van der Waals surface area (Å²) in [6.45, 7) is -0.0201. The lowest BCUT2D eigenvalue weighted by Crippen LogP contribution is -2.22. The van der Waals surface area contributed by atoms with Crippen LogP contribution >= 0.6 is 12.4 Å². The molecular weight excluding hydrogens is 218 g/mol. The number of esters is 1. The highest BCUT2D eigenvalue weighted by Crippen LogP contribution is 2.12. The minimum Gasteiger partial charge on any atom is -0.468 e. The molecule has 0 amide bonds. The molecule has 5 heteroatoms. The number of carbonyl (C=O) groups excluding carboxylic acids is 1. The first-order valence-corrected chi connectivity index (χ1v) is 4.22. The Morgan fingerprint density at radius 1 is 1.47 bits per heavy atom. The van der Waals surface area contributed by atoms with E-state index < -0.39 is 12.0 Å². The molecular formula is C10H14ClNO3. The van der Waals surface area contributed by atoms with Crippen LogP contribution < -0.4 is 5.73 Å². The largest absolute Gasteiger partial charge is 0.468 e. The van der Waals surface area contributed by atoms with Gasteiger partial charge in [0.1, 0.15) is 6.04 Å². The molecule has 3 N–H and O–H groups in total. The third kappa shape index (κ3) is 3.51. The van der Waals surface area contributed by atoms with Gasteiger partial charge in [0.25, 0.3) is 0 Å². The van der Waals surface area contributed by atoms with Gasteiger partial charge in [-0.25, -0.2) is 0 Å². The molecule has 0 aliphatic carbocycles. The molecule has 0 saturated heterocycles. The lowest BCUT2D eigenvalue weighted by atomic mass is 10.1. The fourth-order valence-corrected chi connectivity index (χ4v) is 1.09. The highest BCUT2D eigenvalue weighted by Gasteiger charge is 2.15. The van der Waals surface area contributed by atoms with Crippen LogP contribution in [0.1, 0.15) is 17.2 Å². The summed E-state index contributed by atoms with van der Waals surface area (Å²) >= 11 is 0. The van der Waals surface area contributed by atoms with E-state index in [0.29, 0.717) is 5.56 Å². The molecule has 0 aliphatic rings. The number of benzene rings is 1. The van der Waals surface area contributed by atoms with Crippen LogP contribution in [-0.4, -0.2) is 18.2 Å². The second-order valence-corrected chi connectivity index (χ2v) is 2.90. The molecule has 0 aromatic heterocycles. The number of halogens is 1. The average molecular weight is 232 g/mol. The summed E-state index contributed by atoms with van der Waals surface area (Å²) in [4.78, 5) is 11.1. The standard InChI is InChI=1S/C10H13NO3.ClH/c1-14-10(13)9(11)8-4-2-7(6-12)3-5-8;/h2-5,9,12H,6,11H2,1H3;1H/t9-;/m1./s1. The molecule has 1 aromatic carbocycles. The minimum absolute atomic E-state index is 0. The predicted octanol–water partition coefficient (Wildman–Crippen LogP) is 0.773. The zero-order valence-corrected chi connectivity index (χ0v) is 9.16. The van der Waals surface area contributed by atoms with Crippen molar-refractivity contribution in [3.05, 3.63) is 35.4 Å². The Kier molecular flexibility index (Phi) is 5.93. The van der Waals surface area contributed by atoms with E-state index in [9.17, 15) is 4.79 Å². The number of aliphatic hydroxyl groups is 1. The maximum atomic E-state index is 11.1. The van der Waals surface area contributed by atoms with E-state index in [1.165, 1.54) is 7.11 Å². The summed E-state index contributed by atoms with van der Waals surface area (Å²) in [6, 6.07) is 6.09. The number of ether oxygens (including phenoxy) is 1. The SMILES string of the molecule is COC(=O)[C@H](N)c1ccc(CO)cc1.Cl. The van der Waals surface area contributed by atoms with Gasteiger partial charge in [0.2, 0.25) is 0 Å². The number of carbonyl (C=O) groups is 1. The summed E-state index contributed by atoms with van der Waals surface area (Å²) in [5.74, 6) is -0.471. The Balaban J connectivity index is 0.00000196. The molecule has 0 radical (unpaired) electrons. The molecule has 0 heterocycles. The molecule has 0 fully saturated rings. The van der Waals surface area contributed by atoms with Crippen LogP contribution in [0.5, 0.6) is 0 Å². The van der Waals surface area contributed by atoms with Gasteiger partial charge in [-0.2, -0.15) is 0 Å². The van der Waals surface area contributed by atoms with E-state index in [2.05, 4.69) is 4.74 Å². The maximum Gasteiger partial charge on any atom is 0.327 e. The smallest absolute Gasteiger partial charge is 0.327 e. The molecule has 0 bridgehead atoms. The molecule has 1 aromatic rings. The van der Waals surface area contributed by atoms with Crippen molar-refractivity contribution in [1.82, 2.24) is 0 Å². The summed E-state index contributed by atoms with van der Waals surface area (Å²) < 4.78 is 4.51. The molecule has 1 rings (SSSR count). The van der Waals surface area contributed by atoms with E-state index in [1.807, 2.05) is 0 Å². The fourth-order valence-electron chi connectivity index (χ4n) is 1.09. The first-order valence-electron chi connectivity index (χ1n) is 4.22. The Hall–Kier alpha value is -1.10. The van der Waals surface area contributed by atoms with E-state index in [0.717, 1.165) is 5.56 Å². The predicted molar refractivity (Wildman–Crippen MR) is 58.6 cm³/mol. The van der Waals surface area contributed by atoms with Gasteiger partial charge in [-0.3, -0.25) is 4.79 Å². The van der Waals surface area contributed by atoms with Crippen LogP contribution in [0.4, 0.5) is 0 Å². The van der Waals surface area contributed by atoms with Gasteiger partial charge in [-0.05, 0) is 11.1 Å². The number of methoxy groups -OCH3 is 1. The first kappa shape index (κ1) is 13.9. The van der Waals surface area contributed by atoms with E-state index >= 15 is 0 Å². The van der Waals surface area contributed by atoms with Crippen LogP contribution in [0.15, 0.2) is 24.3 Å². The Bertz CT molecular complexity index is 313. The zero-order chi connectivity index (χ0) is 10.6. The Morgan fingerprint density at radius 2 is 2.00 bits per heavy atom. The molecule has 0 saturated carbocycles. The second kappa shape index (κ2) is 6.40. The average Bonchev–Trinajstić information content (AvgIpc) is 2.27. The third-order valence-corrected chi connectivity index (χ3v) is 1.98. The topological polar surface area (TPSA) is 72.5 Å². The number of hydrogen-bond acceptors (Lipinski definition) is 4. The van der Waals surface area contributed by atoms with Crippen molar-refractivity contribution in [3.63, 3.8) is 0 Å². The molecule has 1 atom stereocenters. The molecule has 15 heavy (non-hydrogen) atoms. The van der Waals surface area contributed by atoms with Gasteiger partial charge in [-0.1, -0.05) is 24.3 Å². The molecule has 0 aliphatic heterocycles. The van der Waals surface area contributed by atoms with Crippen LogP contribution in [0, 0.1) is 0 Å². The highest BCUT2D eigenvalue weighted by molar-refractivity contribution is 5.85. The lowest BCUT2D eigenvalue weighted by Gasteiger charge is -2.09. The maximum absolute atomic E-state index is 11.1. The second-order valence-electron chi connectivity index (χ2n) is 2.90. The van der Waals surface area contributed by atoms with E-state index in [1.54, 1.807) is 24.3 Å². The van der Waals surface area contributed by atoms with Crippen LogP contribution in [0.3, 0.4) is 0 Å². The van der Waals surface area contributed by atoms with Crippen molar-refractivity contribution in [1.29, 1.82) is 0 Å². The molecule has 0 spiro atoms. The fraction of sp³-hybridized carbons (Fsp3) is 0.300. The lowest BCUT2D eigenvalue weighted by molar-refractivity contribution is -0.142. The Labute approximate surface area is 94.5 Å². The highest BCUT2D eigenvalue weighted by atomic mass is 35.5. The van der Waals surface area contributed by atoms with Crippen LogP contribution in [-0.2, 0) is 16.1 Å². The van der Waals surface area contributed by atoms with Gasteiger partial charge in [-0.15, -0.1) is 12.4 Å². The first-order chi connectivity index (χ1) is 6.69. The number of hydrogen-bond donors (Lipinski definition) is 2. The molecule has 4 nitrogen and oxygen atoms in total. The summed E-state index contributed by atoms with van der Waals surface area (Å²) in [5.41, 5.74) is 7.06.